The fraction of sp³-hybridized carbons (Fsp3) is 0.235. The summed E-state index contributed by atoms with van der Waals surface area (Å²) in [6.45, 7) is 1.69. The zero-order valence-electron chi connectivity index (χ0n) is 12.4. The van der Waals surface area contributed by atoms with Crippen molar-refractivity contribution in [1.82, 2.24) is 4.90 Å². The molecule has 0 radical (unpaired) electrons. The minimum absolute atomic E-state index is 0.0726. The van der Waals surface area contributed by atoms with E-state index in [4.69, 9.17) is 16.3 Å². The fourth-order valence-corrected chi connectivity index (χ4v) is 2.11. The largest absolute Gasteiger partial charge is 0.481 e. The molecule has 0 saturated heterocycles. The zero-order chi connectivity index (χ0) is 16.1. The van der Waals surface area contributed by atoms with E-state index < -0.39 is 5.82 Å². The number of halogens is 2. The molecule has 5 heteroatoms. The molecule has 0 saturated carbocycles. The maximum absolute atomic E-state index is 13.4. The third-order valence-electron chi connectivity index (χ3n) is 3.51. The Labute approximate surface area is 134 Å². The molecule has 1 amide bonds. The summed E-state index contributed by atoms with van der Waals surface area (Å²) < 4.78 is 18.7. The Bertz CT molecular complexity index is 645. The first kappa shape index (κ1) is 16.3. The van der Waals surface area contributed by atoms with E-state index in [0.29, 0.717) is 5.02 Å². The van der Waals surface area contributed by atoms with Gasteiger partial charge in [0.05, 0.1) is 6.04 Å². The lowest BCUT2D eigenvalue weighted by atomic mass is 10.1. The maximum atomic E-state index is 13.4. The number of carbonyl (C=O) groups excluding carboxylic acids is 1. The summed E-state index contributed by atoms with van der Waals surface area (Å²) in [5.74, 6) is -0.641. The van der Waals surface area contributed by atoms with Crippen molar-refractivity contribution in [1.29, 1.82) is 0 Å². The smallest absolute Gasteiger partial charge is 0.260 e. The molecule has 0 fully saturated rings. The van der Waals surface area contributed by atoms with Gasteiger partial charge in [0.1, 0.15) is 0 Å². The third-order valence-corrected chi connectivity index (χ3v) is 3.77. The van der Waals surface area contributed by atoms with Crippen molar-refractivity contribution >= 4 is 17.5 Å². The third kappa shape index (κ3) is 3.98. The van der Waals surface area contributed by atoms with Crippen LogP contribution in [0.2, 0.25) is 5.02 Å². The van der Waals surface area contributed by atoms with Gasteiger partial charge in [0.25, 0.3) is 5.91 Å². The molecule has 116 valence electrons. The molecule has 1 atom stereocenters. The highest BCUT2D eigenvalue weighted by molar-refractivity contribution is 6.30. The Kier molecular flexibility index (Phi) is 5.39. The van der Waals surface area contributed by atoms with Gasteiger partial charge >= 0.3 is 0 Å². The Hall–Kier alpha value is -2.07. The molecular weight excluding hydrogens is 305 g/mol. The van der Waals surface area contributed by atoms with Crippen molar-refractivity contribution in [3.63, 3.8) is 0 Å². The van der Waals surface area contributed by atoms with E-state index >= 15 is 0 Å². The molecule has 2 aromatic rings. The lowest BCUT2D eigenvalue weighted by molar-refractivity contribution is -0.134. The highest BCUT2D eigenvalue weighted by Crippen LogP contribution is 2.21. The van der Waals surface area contributed by atoms with Crippen LogP contribution in [0, 0.1) is 5.82 Å². The van der Waals surface area contributed by atoms with Gasteiger partial charge in [-0.3, -0.25) is 4.79 Å². The Balaban J connectivity index is 1.97. The van der Waals surface area contributed by atoms with E-state index in [-0.39, 0.29) is 24.3 Å². The summed E-state index contributed by atoms with van der Waals surface area (Å²) in [5, 5.41) is 0.646. The molecular formula is C17H17ClFNO2. The van der Waals surface area contributed by atoms with Gasteiger partial charge in [0.15, 0.2) is 18.2 Å². The minimum Gasteiger partial charge on any atom is -0.481 e. The van der Waals surface area contributed by atoms with Gasteiger partial charge in [-0.05, 0) is 36.8 Å². The average Bonchev–Trinajstić information content (AvgIpc) is 2.53. The van der Waals surface area contributed by atoms with Crippen molar-refractivity contribution in [3.8, 4) is 5.75 Å². The molecule has 0 heterocycles. The van der Waals surface area contributed by atoms with E-state index in [9.17, 15) is 9.18 Å². The number of carbonyl (C=O) groups is 1. The Morgan fingerprint density at radius 1 is 1.23 bits per heavy atom. The van der Waals surface area contributed by atoms with Gasteiger partial charge < -0.3 is 9.64 Å². The van der Waals surface area contributed by atoms with Crippen LogP contribution in [0.25, 0.3) is 0 Å². The first-order chi connectivity index (χ1) is 10.5. The van der Waals surface area contributed by atoms with Crippen molar-refractivity contribution in [2.24, 2.45) is 0 Å². The molecule has 3 nitrogen and oxygen atoms in total. The van der Waals surface area contributed by atoms with Crippen LogP contribution in [0.15, 0.2) is 48.5 Å². The summed E-state index contributed by atoms with van der Waals surface area (Å²) in [5.41, 5.74) is 0.964. The number of likely N-dealkylation sites (N-methyl/N-ethyl adjacent to an activating group) is 1. The molecule has 2 rings (SSSR count). The Morgan fingerprint density at radius 2 is 1.86 bits per heavy atom. The molecule has 0 aliphatic heterocycles. The lowest BCUT2D eigenvalue weighted by Crippen LogP contribution is -2.33. The summed E-state index contributed by atoms with van der Waals surface area (Å²) in [6.07, 6.45) is 0. The summed E-state index contributed by atoms with van der Waals surface area (Å²) >= 11 is 5.85. The van der Waals surface area contributed by atoms with Crippen LogP contribution in [-0.2, 0) is 4.79 Å². The van der Waals surface area contributed by atoms with Gasteiger partial charge in [0, 0.05) is 12.1 Å². The lowest BCUT2D eigenvalue weighted by Gasteiger charge is -2.25. The number of amides is 1. The predicted molar refractivity (Wildman–Crippen MR) is 84.5 cm³/mol. The van der Waals surface area contributed by atoms with E-state index in [1.54, 1.807) is 36.2 Å². The quantitative estimate of drug-likeness (QED) is 0.830. The number of rotatable bonds is 5. The van der Waals surface area contributed by atoms with Gasteiger partial charge in [0.2, 0.25) is 0 Å². The van der Waals surface area contributed by atoms with Crippen molar-refractivity contribution in [2.75, 3.05) is 13.7 Å². The standard InChI is InChI=1S/C17H17ClFNO2/c1-12(13-7-9-14(18)10-8-13)20(2)17(21)11-22-16-6-4-3-5-15(16)19/h3-10,12H,11H2,1-2H3. The van der Waals surface area contributed by atoms with Crippen LogP contribution in [-0.4, -0.2) is 24.5 Å². The van der Waals surface area contributed by atoms with Crippen molar-refractivity contribution < 1.29 is 13.9 Å². The summed E-state index contributed by atoms with van der Waals surface area (Å²) in [6, 6.07) is 13.2. The monoisotopic (exact) mass is 321 g/mol. The van der Waals surface area contributed by atoms with E-state index in [1.807, 2.05) is 19.1 Å². The molecule has 0 aromatic heterocycles. The van der Waals surface area contributed by atoms with Crippen LogP contribution < -0.4 is 4.74 Å². The molecule has 0 aliphatic rings. The molecule has 22 heavy (non-hydrogen) atoms. The molecule has 0 bridgehead atoms. The Morgan fingerprint density at radius 3 is 2.50 bits per heavy atom. The number of ether oxygens (including phenoxy) is 1. The highest BCUT2D eigenvalue weighted by atomic mass is 35.5. The number of benzene rings is 2. The summed E-state index contributed by atoms with van der Waals surface area (Å²) in [7, 11) is 1.69. The first-order valence-electron chi connectivity index (χ1n) is 6.87. The van der Waals surface area contributed by atoms with E-state index in [2.05, 4.69) is 0 Å². The number of nitrogens with zero attached hydrogens (tertiary/aromatic N) is 1. The fourth-order valence-electron chi connectivity index (χ4n) is 1.98. The molecule has 0 spiro atoms. The highest BCUT2D eigenvalue weighted by Gasteiger charge is 2.18. The van der Waals surface area contributed by atoms with Crippen LogP contribution in [0.3, 0.4) is 0 Å². The van der Waals surface area contributed by atoms with Crippen LogP contribution >= 0.6 is 11.6 Å². The van der Waals surface area contributed by atoms with Gasteiger partial charge in [-0.1, -0.05) is 35.9 Å². The molecule has 0 N–H and O–H groups in total. The molecule has 0 aliphatic carbocycles. The van der Waals surface area contributed by atoms with Crippen molar-refractivity contribution in [2.45, 2.75) is 13.0 Å². The molecule has 2 aromatic carbocycles. The predicted octanol–water partition coefficient (Wildman–Crippen LogP) is 4.08. The van der Waals surface area contributed by atoms with Crippen molar-refractivity contribution in [3.05, 3.63) is 64.9 Å². The van der Waals surface area contributed by atoms with Gasteiger partial charge in [-0.15, -0.1) is 0 Å². The van der Waals surface area contributed by atoms with Crippen LogP contribution in [0.5, 0.6) is 5.75 Å². The summed E-state index contributed by atoms with van der Waals surface area (Å²) in [4.78, 5) is 13.7. The second-order valence-electron chi connectivity index (χ2n) is 4.95. The van der Waals surface area contributed by atoms with Gasteiger partial charge in [-0.25, -0.2) is 4.39 Å². The SMILES string of the molecule is CC(c1ccc(Cl)cc1)N(C)C(=O)COc1ccccc1F. The normalized spacial score (nSPS) is 11.8. The zero-order valence-corrected chi connectivity index (χ0v) is 13.2. The second-order valence-corrected chi connectivity index (χ2v) is 5.39. The topological polar surface area (TPSA) is 29.5 Å². The average molecular weight is 322 g/mol. The van der Waals surface area contributed by atoms with E-state index in [0.717, 1.165) is 5.56 Å². The number of hydrogen-bond acceptors (Lipinski definition) is 2. The van der Waals surface area contributed by atoms with Crippen LogP contribution in [0.1, 0.15) is 18.5 Å². The number of para-hydroxylation sites is 1. The maximum Gasteiger partial charge on any atom is 0.260 e. The van der Waals surface area contributed by atoms with Gasteiger partial charge in [-0.2, -0.15) is 0 Å². The van der Waals surface area contributed by atoms with Crippen LogP contribution in [0.4, 0.5) is 4.39 Å². The second kappa shape index (κ2) is 7.27. The first-order valence-corrected chi connectivity index (χ1v) is 7.25. The minimum atomic E-state index is -0.483. The number of hydrogen-bond donors (Lipinski definition) is 0. The van der Waals surface area contributed by atoms with E-state index in [1.165, 1.54) is 12.1 Å². The molecule has 1 unspecified atom stereocenters.